The molecule has 2 N–H and O–H groups in total. The van der Waals surface area contributed by atoms with Gasteiger partial charge in [-0.2, -0.15) is 0 Å². The normalized spacial score (nSPS) is 14.4. The molecule has 1 saturated heterocycles. The Morgan fingerprint density at radius 1 is 1.04 bits per heavy atom. The van der Waals surface area contributed by atoms with Crippen molar-refractivity contribution in [3.63, 3.8) is 0 Å². The van der Waals surface area contributed by atoms with Crippen LogP contribution in [0.25, 0.3) is 0 Å². The van der Waals surface area contributed by atoms with Crippen molar-refractivity contribution in [3.8, 4) is 5.75 Å². The third-order valence-corrected chi connectivity index (χ3v) is 4.94. The molecule has 0 bridgehead atoms. The second-order valence-corrected chi connectivity index (χ2v) is 7.05. The van der Waals surface area contributed by atoms with E-state index in [4.69, 9.17) is 4.74 Å². The van der Waals surface area contributed by atoms with Gasteiger partial charge in [-0.05, 0) is 36.8 Å². The average molecular weight is 381 g/mol. The second-order valence-electron chi connectivity index (χ2n) is 7.05. The largest absolute Gasteiger partial charge is 0.490 e. The molecule has 3 amide bonds. The maximum atomic E-state index is 12.4. The van der Waals surface area contributed by atoms with Crippen LogP contribution in [0.3, 0.4) is 0 Å². The topological polar surface area (TPSA) is 70.7 Å². The number of amides is 3. The molecular weight excluding hydrogens is 354 g/mol. The van der Waals surface area contributed by atoms with Crippen molar-refractivity contribution in [2.75, 3.05) is 20.1 Å². The molecular formula is C22H27N3O3. The molecule has 148 valence electrons. The van der Waals surface area contributed by atoms with E-state index in [0.29, 0.717) is 25.2 Å². The van der Waals surface area contributed by atoms with Gasteiger partial charge in [0.15, 0.2) is 0 Å². The minimum absolute atomic E-state index is 0.0656. The molecule has 1 fully saturated rings. The fourth-order valence-electron chi connectivity index (χ4n) is 3.19. The number of benzene rings is 2. The zero-order valence-electron chi connectivity index (χ0n) is 16.4. The number of nitrogens with one attached hydrogen (secondary N) is 2. The molecule has 0 unspecified atom stereocenters. The van der Waals surface area contributed by atoms with Crippen LogP contribution in [0.1, 0.15) is 34.3 Å². The fraction of sp³-hybridized carbons (Fsp3) is 0.364. The van der Waals surface area contributed by atoms with Crippen molar-refractivity contribution in [1.82, 2.24) is 15.5 Å². The van der Waals surface area contributed by atoms with E-state index in [0.717, 1.165) is 24.2 Å². The Labute approximate surface area is 165 Å². The highest BCUT2D eigenvalue weighted by molar-refractivity contribution is 5.93. The minimum Gasteiger partial charge on any atom is -0.490 e. The van der Waals surface area contributed by atoms with E-state index in [2.05, 4.69) is 17.6 Å². The molecule has 28 heavy (non-hydrogen) atoms. The number of aryl methyl sites for hydroxylation is 1. The zero-order chi connectivity index (χ0) is 19.9. The summed E-state index contributed by atoms with van der Waals surface area (Å²) in [6.07, 6.45) is 1.79. The first-order valence-electron chi connectivity index (χ1n) is 9.62. The lowest BCUT2D eigenvalue weighted by molar-refractivity contribution is 0.0962. The predicted molar refractivity (Wildman–Crippen MR) is 108 cm³/mol. The summed E-state index contributed by atoms with van der Waals surface area (Å²) in [6.45, 7) is 3.85. The third-order valence-electron chi connectivity index (χ3n) is 4.94. The number of likely N-dealkylation sites (tertiary alicyclic amines) is 1. The fourth-order valence-corrected chi connectivity index (χ4v) is 3.19. The molecule has 0 aromatic heterocycles. The van der Waals surface area contributed by atoms with Crippen LogP contribution in [0.4, 0.5) is 4.79 Å². The molecule has 0 radical (unpaired) electrons. The lowest BCUT2D eigenvalue weighted by atomic mass is 10.1. The van der Waals surface area contributed by atoms with Crippen LogP contribution in [0.15, 0.2) is 48.5 Å². The van der Waals surface area contributed by atoms with Crippen molar-refractivity contribution in [2.24, 2.45) is 0 Å². The Kier molecular flexibility index (Phi) is 6.53. The van der Waals surface area contributed by atoms with E-state index in [1.54, 1.807) is 19.2 Å². The number of hydrogen-bond donors (Lipinski definition) is 2. The van der Waals surface area contributed by atoms with Crippen LogP contribution in [0, 0.1) is 6.92 Å². The first-order valence-corrected chi connectivity index (χ1v) is 9.62. The van der Waals surface area contributed by atoms with Gasteiger partial charge in [0.25, 0.3) is 5.91 Å². The van der Waals surface area contributed by atoms with Crippen molar-refractivity contribution >= 4 is 11.9 Å². The molecule has 6 nitrogen and oxygen atoms in total. The van der Waals surface area contributed by atoms with Gasteiger partial charge >= 0.3 is 6.03 Å². The molecule has 0 atom stereocenters. The van der Waals surface area contributed by atoms with Crippen molar-refractivity contribution in [3.05, 3.63) is 65.2 Å². The summed E-state index contributed by atoms with van der Waals surface area (Å²) < 4.78 is 6.02. The summed E-state index contributed by atoms with van der Waals surface area (Å²) in [5.41, 5.74) is 2.77. The Bertz CT molecular complexity index is 795. The molecule has 0 aliphatic carbocycles. The molecule has 1 aliphatic rings. The van der Waals surface area contributed by atoms with E-state index in [9.17, 15) is 9.59 Å². The van der Waals surface area contributed by atoms with Crippen molar-refractivity contribution in [2.45, 2.75) is 32.4 Å². The molecule has 0 saturated carbocycles. The highest BCUT2D eigenvalue weighted by Gasteiger charge is 2.23. The lowest BCUT2D eigenvalue weighted by Gasteiger charge is -2.32. The maximum absolute atomic E-state index is 12.4. The number of carbonyl (C=O) groups is 2. The van der Waals surface area contributed by atoms with Gasteiger partial charge in [-0.15, -0.1) is 0 Å². The summed E-state index contributed by atoms with van der Waals surface area (Å²) in [6, 6.07) is 15.2. The van der Waals surface area contributed by atoms with Gasteiger partial charge in [-0.25, -0.2) is 4.79 Å². The average Bonchev–Trinajstić information content (AvgIpc) is 2.74. The highest BCUT2D eigenvalue weighted by Crippen LogP contribution is 2.19. The number of hydrogen-bond acceptors (Lipinski definition) is 3. The number of nitrogens with zero attached hydrogens (tertiary/aromatic N) is 1. The highest BCUT2D eigenvalue weighted by atomic mass is 16.5. The van der Waals surface area contributed by atoms with Gasteiger partial charge in [-0.1, -0.05) is 29.8 Å². The maximum Gasteiger partial charge on any atom is 0.317 e. The van der Waals surface area contributed by atoms with Crippen molar-refractivity contribution in [1.29, 1.82) is 0 Å². The van der Waals surface area contributed by atoms with E-state index in [-0.39, 0.29) is 18.0 Å². The second kappa shape index (κ2) is 9.26. The molecule has 6 heteroatoms. The molecule has 0 spiro atoms. The Balaban J connectivity index is 1.42. The molecule has 2 aromatic carbocycles. The summed E-state index contributed by atoms with van der Waals surface area (Å²) in [4.78, 5) is 25.8. The standard InChI is InChI=1S/C22H27N3O3/c1-16-3-9-19(10-4-16)28-20-11-13-25(14-12-20)22(27)24-15-17-5-7-18(8-6-17)21(26)23-2/h3-10,20H,11-15H2,1-2H3,(H,23,26)(H,24,27). The quantitative estimate of drug-likeness (QED) is 0.836. The van der Waals surface area contributed by atoms with Crippen LogP contribution in [0.5, 0.6) is 5.75 Å². The Hall–Kier alpha value is -3.02. The van der Waals surface area contributed by atoms with Gasteiger partial charge in [0.1, 0.15) is 11.9 Å². The zero-order valence-corrected chi connectivity index (χ0v) is 16.4. The first kappa shape index (κ1) is 19.7. The monoisotopic (exact) mass is 381 g/mol. The van der Waals surface area contributed by atoms with E-state index < -0.39 is 0 Å². The Morgan fingerprint density at radius 2 is 1.68 bits per heavy atom. The van der Waals surface area contributed by atoms with Crippen LogP contribution in [0.2, 0.25) is 0 Å². The number of urea groups is 1. The summed E-state index contributed by atoms with van der Waals surface area (Å²) >= 11 is 0. The third kappa shape index (κ3) is 5.25. The number of carbonyl (C=O) groups excluding carboxylic acids is 2. The van der Waals surface area contributed by atoms with Gasteiger partial charge < -0.3 is 20.3 Å². The molecule has 1 heterocycles. The van der Waals surface area contributed by atoms with Crippen molar-refractivity contribution < 1.29 is 14.3 Å². The minimum atomic E-state index is -0.119. The van der Waals surface area contributed by atoms with Gasteiger partial charge in [0.05, 0.1) is 0 Å². The van der Waals surface area contributed by atoms with E-state index >= 15 is 0 Å². The molecule has 3 rings (SSSR count). The first-order chi connectivity index (χ1) is 13.5. The molecule has 2 aromatic rings. The van der Waals surface area contributed by atoms with E-state index in [1.807, 2.05) is 41.3 Å². The smallest absolute Gasteiger partial charge is 0.317 e. The van der Waals surface area contributed by atoms with Gasteiger partial charge in [0, 0.05) is 45.1 Å². The predicted octanol–water partition coefficient (Wildman–Crippen LogP) is 3.11. The van der Waals surface area contributed by atoms with Gasteiger partial charge in [-0.3, -0.25) is 4.79 Å². The number of rotatable bonds is 5. The number of ether oxygens (including phenoxy) is 1. The summed E-state index contributed by atoms with van der Waals surface area (Å²) in [7, 11) is 1.60. The van der Waals surface area contributed by atoms with Crippen LogP contribution < -0.4 is 15.4 Å². The van der Waals surface area contributed by atoms with Crippen LogP contribution in [-0.2, 0) is 6.54 Å². The van der Waals surface area contributed by atoms with Crippen LogP contribution in [-0.4, -0.2) is 43.1 Å². The number of piperidine rings is 1. The summed E-state index contributed by atoms with van der Waals surface area (Å²) in [5.74, 6) is 0.764. The van der Waals surface area contributed by atoms with Crippen LogP contribution >= 0.6 is 0 Å². The lowest BCUT2D eigenvalue weighted by Crippen LogP contribution is -2.46. The molecule has 1 aliphatic heterocycles. The Morgan fingerprint density at radius 3 is 2.29 bits per heavy atom. The van der Waals surface area contributed by atoms with Gasteiger partial charge in [0.2, 0.25) is 0 Å². The SMILES string of the molecule is CNC(=O)c1ccc(CNC(=O)N2CCC(Oc3ccc(C)cc3)CC2)cc1. The van der Waals surface area contributed by atoms with E-state index in [1.165, 1.54) is 5.56 Å². The summed E-state index contributed by atoms with van der Waals surface area (Å²) in [5, 5.41) is 5.54.